The molecule has 0 aromatic heterocycles. The zero-order chi connectivity index (χ0) is 30.9. The Morgan fingerprint density at radius 1 is 0.905 bits per heavy atom. The molecule has 0 aliphatic heterocycles. The monoisotopic (exact) mass is 593 g/mol. The van der Waals surface area contributed by atoms with E-state index >= 15 is 0 Å². The molecule has 2 amide bonds. The molecule has 0 heterocycles. The van der Waals surface area contributed by atoms with Gasteiger partial charge in [0.15, 0.2) is 0 Å². The van der Waals surface area contributed by atoms with Crippen LogP contribution in [0.3, 0.4) is 0 Å². The lowest BCUT2D eigenvalue weighted by Gasteiger charge is -2.33. The van der Waals surface area contributed by atoms with Gasteiger partial charge >= 0.3 is 0 Å². The van der Waals surface area contributed by atoms with Crippen LogP contribution in [0.5, 0.6) is 5.75 Å². The molecular weight excluding hydrogens is 550 g/mol. The summed E-state index contributed by atoms with van der Waals surface area (Å²) >= 11 is 0. The number of aryl methyl sites for hydroxylation is 3. The number of hydrogen-bond acceptors (Lipinski definition) is 5. The minimum atomic E-state index is -4.12. The van der Waals surface area contributed by atoms with E-state index in [1.807, 2.05) is 58.9 Å². The number of benzene rings is 3. The lowest BCUT2D eigenvalue weighted by molar-refractivity contribution is -0.140. The van der Waals surface area contributed by atoms with Gasteiger partial charge in [0.1, 0.15) is 18.3 Å². The van der Waals surface area contributed by atoms with Gasteiger partial charge in [0, 0.05) is 13.1 Å². The number of amides is 2. The van der Waals surface area contributed by atoms with E-state index in [2.05, 4.69) is 5.32 Å². The fourth-order valence-electron chi connectivity index (χ4n) is 4.79. The summed E-state index contributed by atoms with van der Waals surface area (Å²) in [4.78, 5) is 29.1. The van der Waals surface area contributed by atoms with Gasteiger partial charge in [-0.05, 0) is 75.1 Å². The van der Waals surface area contributed by atoms with E-state index in [9.17, 15) is 18.0 Å². The number of anilines is 1. The van der Waals surface area contributed by atoms with Crippen LogP contribution in [0.4, 0.5) is 5.69 Å². The van der Waals surface area contributed by atoms with E-state index in [0.29, 0.717) is 24.4 Å². The molecule has 0 aliphatic rings. The van der Waals surface area contributed by atoms with Crippen molar-refractivity contribution in [3.63, 3.8) is 0 Å². The molecule has 0 unspecified atom stereocenters. The first-order valence-electron chi connectivity index (χ1n) is 14.4. The number of rotatable bonds is 14. The number of nitrogens with zero attached hydrogens (tertiary/aromatic N) is 2. The number of nitrogens with one attached hydrogen (secondary N) is 1. The molecule has 0 saturated carbocycles. The third-order valence-electron chi connectivity index (χ3n) is 7.24. The van der Waals surface area contributed by atoms with E-state index in [-0.39, 0.29) is 17.3 Å². The minimum absolute atomic E-state index is 0.0897. The zero-order valence-corrected chi connectivity index (χ0v) is 26.3. The average molecular weight is 594 g/mol. The number of ether oxygens (including phenoxy) is 1. The second-order valence-electron chi connectivity index (χ2n) is 10.6. The first kappa shape index (κ1) is 32.7. The topological polar surface area (TPSA) is 96.0 Å². The summed E-state index contributed by atoms with van der Waals surface area (Å²) in [5.41, 5.74) is 3.84. The van der Waals surface area contributed by atoms with Crippen LogP contribution in [0.25, 0.3) is 0 Å². The first-order chi connectivity index (χ1) is 20.0. The van der Waals surface area contributed by atoms with Crippen molar-refractivity contribution in [1.29, 1.82) is 0 Å². The third-order valence-corrected chi connectivity index (χ3v) is 9.01. The van der Waals surface area contributed by atoms with Crippen molar-refractivity contribution in [3.8, 4) is 5.75 Å². The van der Waals surface area contributed by atoms with Crippen LogP contribution in [0.15, 0.2) is 71.6 Å². The lowest BCUT2D eigenvalue weighted by atomic mass is 10.1. The summed E-state index contributed by atoms with van der Waals surface area (Å²) in [7, 11) is -2.54. The van der Waals surface area contributed by atoms with Gasteiger partial charge in [-0.1, -0.05) is 67.8 Å². The Morgan fingerprint density at radius 3 is 2.12 bits per heavy atom. The van der Waals surface area contributed by atoms with Crippen LogP contribution >= 0.6 is 0 Å². The number of hydrogen-bond donors (Lipinski definition) is 1. The Morgan fingerprint density at radius 2 is 1.55 bits per heavy atom. The van der Waals surface area contributed by atoms with Crippen molar-refractivity contribution >= 4 is 27.5 Å². The highest BCUT2D eigenvalue weighted by Crippen LogP contribution is 2.28. The fraction of sp³-hybridized carbons (Fsp3) is 0.394. The van der Waals surface area contributed by atoms with Gasteiger partial charge in [0.25, 0.3) is 10.0 Å². The van der Waals surface area contributed by atoms with E-state index in [0.717, 1.165) is 39.4 Å². The number of carbonyl (C=O) groups excluding carboxylic acids is 2. The highest BCUT2D eigenvalue weighted by molar-refractivity contribution is 7.92. The summed E-state index contributed by atoms with van der Waals surface area (Å²) in [5.74, 6) is -0.0579. The molecule has 0 spiro atoms. The Hall–Kier alpha value is -3.85. The number of carbonyl (C=O) groups is 2. The van der Waals surface area contributed by atoms with Crippen molar-refractivity contribution in [2.45, 2.75) is 71.4 Å². The number of methoxy groups -OCH3 is 1. The van der Waals surface area contributed by atoms with Crippen LogP contribution in [0.1, 0.15) is 55.4 Å². The summed E-state index contributed by atoms with van der Waals surface area (Å²) in [6, 6.07) is 18.5. The van der Waals surface area contributed by atoms with Crippen molar-refractivity contribution in [2.24, 2.45) is 0 Å². The summed E-state index contributed by atoms with van der Waals surface area (Å²) in [6.45, 7) is 9.71. The highest BCUT2D eigenvalue weighted by Gasteiger charge is 2.34. The van der Waals surface area contributed by atoms with Crippen LogP contribution in [-0.2, 0) is 26.2 Å². The Balaban J connectivity index is 2.06. The molecule has 9 heteroatoms. The van der Waals surface area contributed by atoms with E-state index < -0.39 is 28.5 Å². The van der Waals surface area contributed by atoms with Crippen molar-refractivity contribution in [1.82, 2.24) is 10.2 Å². The molecule has 42 heavy (non-hydrogen) atoms. The maximum absolute atomic E-state index is 14.2. The van der Waals surface area contributed by atoms with Crippen LogP contribution in [0, 0.1) is 20.8 Å². The molecule has 3 aromatic carbocycles. The largest absolute Gasteiger partial charge is 0.497 e. The molecule has 0 fully saturated rings. The predicted octanol–water partition coefficient (Wildman–Crippen LogP) is 5.54. The van der Waals surface area contributed by atoms with E-state index in [1.165, 1.54) is 4.90 Å². The molecule has 1 N–H and O–H groups in total. The van der Waals surface area contributed by atoms with Crippen LogP contribution in [0.2, 0.25) is 0 Å². The molecule has 3 rings (SSSR count). The number of unbranched alkanes of at least 4 members (excludes halogenated alkanes) is 1. The third kappa shape index (κ3) is 8.12. The molecule has 226 valence electrons. The Kier molecular flexibility index (Phi) is 11.6. The first-order valence-corrected chi connectivity index (χ1v) is 15.8. The maximum atomic E-state index is 14.2. The molecule has 0 radical (unpaired) electrons. The van der Waals surface area contributed by atoms with Crippen molar-refractivity contribution in [2.75, 3.05) is 24.5 Å². The number of sulfonamides is 1. The molecule has 0 bridgehead atoms. The van der Waals surface area contributed by atoms with Crippen LogP contribution < -0.4 is 14.4 Å². The lowest BCUT2D eigenvalue weighted by Crippen LogP contribution is -2.52. The minimum Gasteiger partial charge on any atom is -0.497 e. The quantitative estimate of drug-likeness (QED) is 0.248. The van der Waals surface area contributed by atoms with Crippen molar-refractivity contribution in [3.05, 3.63) is 89.0 Å². The summed E-state index contributed by atoms with van der Waals surface area (Å²) in [5, 5.41) is 2.95. The highest BCUT2D eigenvalue weighted by atomic mass is 32.2. The second-order valence-corrected chi connectivity index (χ2v) is 12.4. The molecular formula is C33H43N3O5S. The van der Waals surface area contributed by atoms with Gasteiger partial charge in [0.05, 0.1) is 17.7 Å². The maximum Gasteiger partial charge on any atom is 0.264 e. The fourth-order valence-corrected chi connectivity index (χ4v) is 6.27. The predicted molar refractivity (Wildman–Crippen MR) is 167 cm³/mol. The molecule has 0 aliphatic carbocycles. The van der Waals surface area contributed by atoms with Gasteiger partial charge in [-0.15, -0.1) is 0 Å². The standard InChI is InChI=1S/C33H43N3O5S/c1-7-9-20-34-33(38)30(8-2)35(22-27-13-15-28(41-6)16-14-27)32(37)23-36(31-19-12-25(4)21-26(31)5)42(39,40)29-17-10-24(3)11-18-29/h10-19,21,30H,7-9,20,22-23H2,1-6H3,(H,34,38)/t30-/m1/s1. The summed E-state index contributed by atoms with van der Waals surface area (Å²) in [6.07, 6.45) is 2.12. The van der Waals surface area contributed by atoms with E-state index in [1.54, 1.807) is 49.6 Å². The van der Waals surface area contributed by atoms with Gasteiger partial charge in [0.2, 0.25) is 11.8 Å². The SMILES string of the molecule is CCCCNC(=O)[C@@H](CC)N(Cc1ccc(OC)cc1)C(=O)CN(c1ccc(C)cc1C)S(=O)(=O)c1ccc(C)cc1. The van der Waals surface area contributed by atoms with Gasteiger partial charge in [-0.25, -0.2) is 8.42 Å². The molecule has 3 aromatic rings. The summed E-state index contributed by atoms with van der Waals surface area (Å²) < 4.78 is 34.6. The van der Waals surface area contributed by atoms with Crippen LogP contribution in [-0.4, -0.2) is 51.4 Å². The van der Waals surface area contributed by atoms with E-state index in [4.69, 9.17) is 4.74 Å². The Bertz CT molecular complexity index is 1450. The van der Waals surface area contributed by atoms with Gasteiger partial charge in [-0.3, -0.25) is 13.9 Å². The smallest absolute Gasteiger partial charge is 0.264 e. The second kappa shape index (κ2) is 14.9. The van der Waals surface area contributed by atoms with Gasteiger partial charge in [-0.2, -0.15) is 0 Å². The van der Waals surface area contributed by atoms with Crippen molar-refractivity contribution < 1.29 is 22.7 Å². The molecule has 1 atom stereocenters. The molecule has 0 saturated heterocycles. The van der Waals surface area contributed by atoms with Gasteiger partial charge < -0.3 is 15.0 Å². The zero-order valence-electron chi connectivity index (χ0n) is 25.5. The Labute approximate surface area is 250 Å². The normalized spacial score (nSPS) is 12.0. The molecule has 8 nitrogen and oxygen atoms in total. The average Bonchev–Trinajstić information content (AvgIpc) is 2.96.